The lowest BCUT2D eigenvalue weighted by atomic mass is 10.1. The summed E-state index contributed by atoms with van der Waals surface area (Å²) in [5, 5.41) is 8.48. The summed E-state index contributed by atoms with van der Waals surface area (Å²) < 4.78 is 26.0. The Hall–Kier alpha value is -2.75. The minimum absolute atomic E-state index is 0.141. The summed E-state index contributed by atoms with van der Waals surface area (Å²) in [7, 11) is -3.31. The van der Waals surface area contributed by atoms with E-state index >= 15 is 0 Å². The minimum Gasteiger partial charge on any atom is -0.302 e. The normalized spacial score (nSPS) is 11.8. The first-order chi connectivity index (χ1) is 15.0. The largest absolute Gasteiger partial charge is 0.302 e. The predicted molar refractivity (Wildman–Crippen MR) is 128 cm³/mol. The van der Waals surface area contributed by atoms with Crippen molar-refractivity contribution in [1.82, 2.24) is 14.8 Å². The van der Waals surface area contributed by atoms with Crippen LogP contribution in [0.25, 0.3) is 15.9 Å². The molecule has 0 spiro atoms. The number of halogens is 1. The molecule has 2 aromatic carbocycles. The highest BCUT2D eigenvalue weighted by Gasteiger charge is 2.18. The Morgan fingerprint density at radius 3 is 2.59 bits per heavy atom. The molecule has 7 nitrogen and oxygen atoms in total. The number of amides is 1. The van der Waals surface area contributed by atoms with Crippen molar-refractivity contribution in [3.05, 3.63) is 63.9 Å². The summed E-state index contributed by atoms with van der Waals surface area (Å²) in [6.07, 6.45) is 1.30. The van der Waals surface area contributed by atoms with Crippen molar-refractivity contribution in [2.45, 2.75) is 32.1 Å². The van der Waals surface area contributed by atoms with Gasteiger partial charge < -0.3 is 5.32 Å². The van der Waals surface area contributed by atoms with Crippen LogP contribution in [0, 0.1) is 20.8 Å². The van der Waals surface area contributed by atoms with Crippen LogP contribution < -0.4 is 5.32 Å². The van der Waals surface area contributed by atoms with E-state index in [0.717, 1.165) is 34.5 Å². The van der Waals surface area contributed by atoms with Gasteiger partial charge in [-0.25, -0.2) is 18.1 Å². The van der Waals surface area contributed by atoms with Crippen LogP contribution in [-0.4, -0.2) is 35.3 Å². The van der Waals surface area contributed by atoms with Crippen molar-refractivity contribution in [3.8, 4) is 5.69 Å². The van der Waals surface area contributed by atoms with Crippen LogP contribution in [-0.2, 0) is 21.1 Å². The molecule has 0 saturated heterocycles. The lowest BCUT2D eigenvalue weighted by Gasteiger charge is -2.07. The Morgan fingerprint density at radius 1 is 1.16 bits per heavy atom. The smallest absolute Gasteiger partial charge is 0.230 e. The third-order valence-corrected chi connectivity index (χ3v) is 7.66. The molecule has 2 heterocycles. The van der Waals surface area contributed by atoms with E-state index in [2.05, 4.69) is 15.4 Å². The average Bonchev–Trinajstić information content (AvgIpc) is 3.23. The number of benzene rings is 2. The van der Waals surface area contributed by atoms with Gasteiger partial charge in [0, 0.05) is 22.5 Å². The molecule has 32 heavy (non-hydrogen) atoms. The lowest BCUT2D eigenvalue weighted by molar-refractivity contribution is -0.115. The van der Waals surface area contributed by atoms with Gasteiger partial charge in [0.05, 0.1) is 32.9 Å². The second-order valence-corrected chi connectivity index (χ2v) is 11.1. The molecule has 1 amide bonds. The molecule has 1 N–H and O–H groups in total. The molecule has 0 atom stereocenters. The molecule has 0 bridgehead atoms. The SMILES string of the molecule is Cc1ccc(-n2nc(C)c(CC(=O)Nc3nc4ccc(S(C)(=O)=O)cc4s3)c2C)cc1Cl. The van der Waals surface area contributed by atoms with Crippen LogP contribution in [0.2, 0.25) is 5.02 Å². The molecule has 0 fully saturated rings. The van der Waals surface area contributed by atoms with E-state index in [4.69, 9.17) is 11.6 Å². The molecule has 0 radical (unpaired) electrons. The Kier molecular flexibility index (Phi) is 5.83. The van der Waals surface area contributed by atoms with Crippen LogP contribution in [0.5, 0.6) is 0 Å². The van der Waals surface area contributed by atoms with Crippen LogP contribution >= 0.6 is 22.9 Å². The van der Waals surface area contributed by atoms with E-state index in [0.29, 0.717) is 20.4 Å². The number of rotatable bonds is 5. The number of aryl methyl sites for hydroxylation is 2. The van der Waals surface area contributed by atoms with Gasteiger partial charge in [-0.15, -0.1) is 0 Å². The van der Waals surface area contributed by atoms with Crippen molar-refractivity contribution in [1.29, 1.82) is 0 Å². The highest BCUT2D eigenvalue weighted by atomic mass is 35.5. The first-order valence-electron chi connectivity index (χ1n) is 9.75. The molecule has 10 heteroatoms. The van der Waals surface area contributed by atoms with Gasteiger partial charge >= 0.3 is 0 Å². The monoisotopic (exact) mass is 488 g/mol. The second kappa shape index (κ2) is 8.31. The van der Waals surface area contributed by atoms with Gasteiger partial charge in [0.1, 0.15) is 0 Å². The van der Waals surface area contributed by atoms with E-state index in [1.165, 1.54) is 17.4 Å². The van der Waals surface area contributed by atoms with E-state index < -0.39 is 9.84 Å². The molecule has 0 aliphatic rings. The fourth-order valence-corrected chi connectivity index (χ4v) is 5.23. The van der Waals surface area contributed by atoms with Crippen molar-refractivity contribution < 1.29 is 13.2 Å². The number of anilines is 1. The van der Waals surface area contributed by atoms with Crippen molar-refractivity contribution in [3.63, 3.8) is 0 Å². The minimum atomic E-state index is -3.31. The topological polar surface area (TPSA) is 93.9 Å². The van der Waals surface area contributed by atoms with Crippen LogP contribution in [0.3, 0.4) is 0 Å². The highest BCUT2D eigenvalue weighted by Crippen LogP contribution is 2.29. The van der Waals surface area contributed by atoms with Gasteiger partial charge in [-0.05, 0) is 56.7 Å². The van der Waals surface area contributed by atoms with Gasteiger partial charge in [-0.3, -0.25) is 4.79 Å². The number of nitrogens with one attached hydrogen (secondary N) is 1. The summed E-state index contributed by atoms with van der Waals surface area (Å²) in [5.41, 5.74) is 4.90. The third-order valence-electron chi connectivity index (χ3n) is 5.21. The van der Waals surface area contributed by atoms with Crippen LogP contribution in [0.15, 0.2) is 41.3 Å². The van der Waals surface area contributed by atoms with Crippen LogP contribution in [0.4, 0.5) is 5.13 Å². The lowest BCUT2D eigenvalue weighted by Crippen LogP contribution is -2.15. The zero-order valence-electron chi connectivity index (χ0n) is 17.9. The van der Waals surface area contributed by atoms with E-state index in [1.54, 1.807) is 16.8 Å². The third kappa shape index (κ3) is 4.41. The second-order valence-electron chi connectivity index (χ2n) is 7.64. The van der Waals surface area contributed by atoms with Gasteiger partial charge in [0.15, 0.2) is 15.0 Å². The van der Waals surface area contributed by atoms with Gasteiger partial charge in [-0.2, -0.15) is 5.10 Å². The Labute approximate surface area is 195 Å². The Bertz CT molecular complexity index is 1470. The summed E-state index contributed by atoms with van der Waals surface area (Å²) in [4.78, 5) is 17.3. The molecule has 0 unspecified atom stereocenters. The van der Waals surface area contributed by atoms with E-state index in [-0.39, 0.29) is 17.2 Å². The standard InChI is InChI=1S/C22H21ClN4O3S2/c1-12-5-6-15(9-18(12)23)27-14(3)17(13(2)26-27)11-21(28)25-22-24-19-8-7-16(32(4,29)30)10-20(19)31-22/h5-10H,11H2,1-4H3,(H,24,25,28). The van der Waals surface area contributed by atoms with E-state index in [9.17, 15) is 13.2 Å². The maximum atomic E-state index is 12.7. The molecule has 166 valence electrons. The average molecular weight is 489 g/mol. The van der Waals surface area contributed by atoms with Gasteiger partial charge in [-0.1, -0.05) is 29.0 Å². The Balaban J connectivity index is 1.55. The van der Waals surface area contributed by atoms with Crippen molar-refractivity contribution >= 4 is 54.0 Å². The number of sulfone groups is 1. The fourth-order valence-electron chi connectivity index (χ4n) is 3.41. The Morgan fingerprint density at radius 2 is 1.91 bits per heavy atom. The summed E-state index contributed by atoms with van der Waals surface area (Å²) in [6, 6.07) is 10.5. The number of aromatic nitrogens is 3. The van der Waals surface area contributed by atoms with Gasteiger partial charge in [0.25, 0.3) is 0 Å². The molecular formula is C22H21ClN4O3S2. The molecule has 4 rings (SSSR count). The number of fused-ring (bicyclic) bond motifs is 1. The number of thiazole rings is 1. The summed E-state index contributed by atoms with van der Waals surface area (Å²) in [6.45, 7) is 5.72. The number of carbonyl (C=O) groups excluding carboxylic acids is 1. The van der Waals surface area contributed by atoms with Crippen molar-refractivity contribution in [2.24, 2.45) is 0 Å². The number of hydrogen-bond acceptors (Lipinski definition) is 6. The number of hydrogen-bond donors (Lipinski definition) is 1. The van der Waals surface area contributed by atoms with Crippen LogP contribution in [0.1, 0.15) is 22.5 Å². The fraction of sp³-hybridized carbons (Fsp3) is 0.227. The summed E-state index contributed by atoms with van der Waals surface area (Å²) in [5.74, 6) is -0.222. The maximum Gasteiger partial charge on any atom is 0.230 e. The number of nitrogens with zero attached hydrogens (tertiary/aromatic N) is 3. The van der Waals surface area contributed by atoms with Crippen molar-refractivity contribution in [2.75, 3.05) is 11.6 Å². The summed E-state index contributed by atoms with van der Waals surface area (Å²) >= 11 is 7.50. The molecule has 4 aromatic rings. The highest BCUT2D eigenvalue weighted by molar-refractivity contribution is 7.90. The first-order valence-corrected chi connectivity index (χ1v) is 12.8. The zero-order chi connectivity index (χ0) is 23.2. The first kappa shape index (κ1) is 22.4. The molecule has 0 aliphatic carbocycles. The van der Waals surface area contributed by atoms with Gasteiger partial charge in [0.2, 0.25) is 5.91 Å². The predicted octanol–water partition coefficient (Wildman–Crippen LogP) is 4.65. The number of carbonyl (C=O) groups is 1. The molecular weight excluding hydrogens is 468 g/mol. The molecule has 0 aliphatic heterocycles. The maximum absolute atomic E-state index is 12.7. The molecule has 0 saturated carbocycles. The quantitative estimate of drug-likeness (QED) is 0.441. The molecule has 2 aromatic heterocycles. The van der Waals surface area contributed by atoms with E-state index in [1.807, 2.05) is 39.0 Å². The zero-order valence-corrected chi connectivity index (χ0v) is 20.3.